The molecule has 9 heteroatoms. The Morgan fingerprint density at radius 3 is 2.31 bits per heavy atom. The highest BCUT2D eigenvalue weighted by molar-refractivity contribution is 5.94. The summed E-state index contributed by atoms with van der Waals surface area (Å²) in [6.07, 6.45) is 3.45. The van der Waals surface area contributed by atoms with Crippen molar-refractivity contribution in [1.29, 1.82) is 0 Å². The molecule has 1 amide bonds. The molecule has 0 saturated heterocycles. The van der Waals surface area contributed by atoms with Crippen LogP contribution in [0.25, 0.3) is 10.9 Å². The van der Waals surface area contributed by atoms with Gasteiger partial charge >= 0.3 is 0 Å². The first-order valence-corrected chi connectivity index (χ1v) is 10.7. The molecule has 1 aliphatic rings. The van der Waals surface area contributed by atoms with Crippen molar-refractivity contribution in [2.75, 3.05) is 24.3 Å². The van der Waals surface area contributed by atoms with Gasteiger partial charge in [-0.05, 0) is 49.9 Å². The van der Waals surface area contributed by atoms with Crippen molar-refractivity contribution in [2.24, 2.45) is 0 Å². The van der Waals surface area contributed by atoms with E-state index in [9.17, 15) is 14.9 Å². The first-order valence-electron chi connectivity index (χ1n) is 10.7. The molecule has 0 aliphatic heterocycles. The number of para-hydroxylation sites is 1. The Morgan fingerprint density at radius 1 is 1.00 bits per heavy atom. The summed E-state index contributed by atoms with van der Waals surface area (Å²) < 4.78 is 0. The number of carbonyl (C=O) groups excluding carboxylic acids is 1. The minimum atomic E-state index is -0.475. The van der Waals surface area contributed by atoms with E-state index in [0.717, 1.165) is 42.4 Å². The number of anilines is 2. The Kier molecular flexibility index (Phi) is 6.16. The zero-order chi connectivity index (χ0) is 22.7. The third-order valence-corrected chi connectivity index (χ3v) is 5.74. The van der Waals surface area contributed by atoms with Crippen molar-refractivity contribution >= 4 is 34.3 Å². The molecule has 0 atom stereocenters. The van der Waals surface area contributed by atoms with E-state index in [-0.39, 0.29) is 23.7 Å². The molecular formula is C23H26N6O3. The number of nitro benzene ring substituents is 1. The molecule has 1 aliphatic carbocycles. The van der Waals surface area contributed by atoms with Crippen molar-refractivity contribution in [3.63, 3.8) is 0 Å². The summed E-state index contributed by atoms with van der Waals surface area (Å²) in [7, 11) is 3.94. The van der Waals surface area contributed by atoms with E-state index < -0.39 is 4.92 Å². The number of nitrogens with zero attached hydrogens (tertiary/aromatic N) is 4. The largest absolute Gasteiger partial charge is 0.362 e. The van der Waals surface area contributed by atoms with Crippen molar-refractivity contribution in [3.05, 3.63) is 64.2 Å². The van der Waals surface area contributed by atoms with Crippen LogP contribution in [-0.2, 0) is 0 Å². The highest BCUT2D eigenvalue weighted by Gasteiger charge is 2.24. The lowest BCUT2D eigenvalue weighted by molar-refractivity contribution is -0.384. The number of non-ortho nitro benzene ring substituents is 1. The van der Waals surface area contributed by atoms with Crippen LogP contribution in [0.5, 0.6) is 0 Å². The van der Waals surface area contributed by atoms with Gasteiger partial charge in [0.1, 0.15) is 5.82 Å². The number of fused-ring (bicyclic) bond motifs is 1. The lowest BCUT2D eigenvalue weighted by atomic mass is 9.91. The van der Waals surface area contributed by atoms with Crippen molar-refractivity contribution in [2.45, 2.75) is 37.8 Å². The van der Waals surface area contributed by atoms with Crippen LogP contribution in [0.3, 0.4) is 0 Å². The molecule has 2 aromatic carbocycles. The molecule has 2 N–H and O–H groups in total. The predicted octanol–water partition coefficient (Wildman–Crippen LogP) is 3.76. The molecule has 166 valence electrons. The molecule has 0 spiro atoms. The first kappa shape index (κ1) is 21.5. The van der Waals surface area contributed by atoms with Crippen LogP contribution in [0.2, 0.25) is 0 Å². The van der Waals surface area contributed by atoms with Gasteiger partial charge in [-0.2, -0.15) is 4.98 Å². The fraction of sp³-hybridized carbons (Fsp3) is 0.348. The molecule has 32 heavy (non-hydrogen) atoms. The van der Waals surface area contributed by atoms with Crippen LogP contribution in [0.15, 0.2) is 48.5 Å². The van der Waals surface area contributed by atoms with E-state index in [4.69, 9.17) is 4.98 Å². The summed E-state index contributed by atoms with van der Waals surface area (Å²) in [5.74, 6) is 1.29. The second-order valence-electron chi connectivity index (χ2n) is 8.25. The summed E-state index contributed by atoms with van der Waals surface area (Å²) >= 11 is 0. The molecule has 9 nitrogen and oxygen atoms in total. The second kappa shape index (κ2) is 9.17. The van der Waals surface area contributed by atoms with Crippen LogP contribution < -0.4 is 15.5 Å². The Morgan fingerprint density at radius 2 is 1.66 bits per heavy atom. The minimum Gasteiger partial charge on any atom is -0.362 e. The average Bonchev–Trinajstić information content (AvgIpc) is 2.79. The molecule has 0 radical (unpaired) electrons. The van der Waals surface area contributed by atoms with E-state index in [1.165, 1.54) is 24.3 Å². The zero-order valence-corrected chi connectivity index (χ0v) is 18.1. The van der Waals surface area contributed by atoms with Gasteiger partial charge in [-0.15, -0.1) is 0 Å². The van der Waals surface area contributed by atoms with E-state index in [1.54, 1.807) is 0 Å². The summed E-state index contributed by atoms with van der Waals surface area (Å²) in [6, 6.07) is 13.9. The monoisotopic (exact) mass is 434 g/mol. The number of nitro groups is 1. The molecule has 3 aromatic rings. The molecule has 0 bridgehead atoms. The first-order chi connectivity index (χ1) is 15.4. The quantitative estimate of drug-likeness (QED) is 0.449. The number of benzene rings is 2. The highest BCUT2D eigenvalue weighted by Crippen LogP contribution is 2.26. The smallest absolute Gasteiger partial charge is 0.269 e. The minimum absolute atomic E-state index is 0.0264. The fourth-order valence-corrected chi connectivity index (χ4v) is 4.03. The van der Waals surface area contributed by atoms with Crippen molar-refractivity contribution < 1.29 is 9.72 Å². The van der Waals surface area contributed by atoms with Gasteiger partial charge < -0.3 is 15.5 Å². The van der Waals surface area contributed by atoms with Crippen LogP contribution in [0.1, 0.15) is 36.0 Å². The van der Waals surface area contributed by atoms with E-state index in [2.05, 4.69) is 15.6 Å². The third-order valence-electron chi connectivity index (χ3n) is 5.74. The molecule has 1 aromatic heterocycles. The van der Waals surface area contributed by atoms with Crippen LogP contribution in [0, 0.1) is 10.1 Å². The molecular weight excluding hydrogens is 408 g/mol. The Bertz CT molecular complexity index is 1120. The van der Waals surface area contributed by atoms with Crippen LogP contribution >= 0.6 is 0 Å². The van der Waals surface area contributed by atoms with Crippen molar-refractivity contribution in [3.8, 4) is 0 Å². The van der Waals surface area contributed by atoms with Gasteiger partial charge in [0.2, 0.25) is 5.95 Å². The number of amides is 1. The lowest BCUT2D eigenvalue weighted by Crippen LogP contribution is -2.40. The Labute approximate surface area is 186 Å². The van der Waals surface area contributed by atoms with Gasteiger partial charge in [0.15, 0.2) is 0 Å². The zero-order valence-electron chi connectivity index (χ0n) is 18.1. The number of hydrogen-bond donors (Lipinski definition) is 2. The van der Waals surface area contributed by atoms with Crippen LogP contribution in [-0.4, -0.2) is 47.0 Å². The second-order valence-corrected chi connectivity index (χ2v) is 8.25. The lowest BCUT2D eigenvalue weighted by Gasteiger charge is -2.30. The molecule has 4 rings (SSSR count). The summed E-state index contributed by atoms with van der Waals surface area (Å²) in [6.45, 7) is 0. The predicted molar refractivity (Wildman–Crippen MR) is 124 cm³/mol. The number of rotatable bonds is 6. The summed E-state index contributed by atoms with van der Waals surface area (Å²) in [5.41, 5.74) is 1.30. The highest BCUT2D eigenvalue weighted by atomic mass is 16.6. The standard InChI is InChI=1S/C23H26N6O3/c1-28(2)21-19-5-3-4-6-20(19)26-23(27-21)25-17-11-9-16(10-12-17)24-22(30)15-7-13-18(14-8-15)29(31)32/h3-8,13-14,16-17H,9-12H2,1-2H3,(H,24,30)(H,25,26,27). The Hall–Kier alpha value is -3.75. The number of carbonyl (C=O) groups is 1. The van der Waals surface area contributed by atoms with Crippen molar-refractivity contribution in [1.82, 2.24) is 15.3 Å². The maximum atomic E-state index is 12.5. The van der Waals surface area contributed by atoms with Gasteiger partial charge in [0.05, 0.1) is 10.4 Å². The van der Waals surface area contributed by atoms with E-state index in [0.29, 0.717) is 11.5 Å². The maximum Gasteiger partial charge on any atom is 0.269 e. The molecule has 1 saturated carbocycles. The number of aromatic nitrogens is 2. The Balaban J connectivity index is 1.35. The average molecular weight is 435 g/mol. The SMILES string of the molecule is CN(C)c1nc(NC2CCC(NC(=O)c3ccc([N+](=O)[O-])cc3)CC2)nc2ccccc12. The molecule has 1 heterocycles. The summed E-state index contributed by atoms with van der Waals surface area (Å²) in [4.78, 5) is 34.1. The maximum absolute atomic E-state index is 12.5. The van der Waals surface area contributed by atoms with Gasteiger partial charge in [-0.3, -0.25) is 14.9 Å². The number of nitrogens with one attached hydrogen (secondary N) is 2. The normalized spacial score (nSPS) is 18.2. The van der Waals surface area contributed by atoms with Gasteiger partial charge in [0, 0.05) is 49.3 Å². The van der Waals surface area contributed by atoms with E-state index in [1.807, 2.05) is 43.3 Å². The molecule has 0 unspecified atom stereocenters. The van der Waals surface area contributed by atoms with E-state index >= 15 is 0 Å². The summed E-state index contributed by atoms with van der Waals surface area (Å²) in [5, 5.41) is 18.3. The molecule has 1 fully saturated rings. The fourth-order valence-electron chi connectivity index (χ4n) is 4.03. The van der Waals surface area contributed by atoms with Gasteiger partial charge in [0.25, 0.3) is 11.6 Å². The topological polar surface area (TPSA) is 113 Å². The van der Waals surface area contributed by atoms with Crippen LogP contribution in [0.4, 0.5) is 17.5 Å². The third kappa shape index (κ3) is 4.77. The van der Waals surface area contributed by atoms with Gasteiger partial charge in [-0.25, -0.2) is 4.98 Å². The van der Waals surface area contributed by atoms with Gasteiger partial charge in [-0.1, -0.05) is 12.1 Å². The number of hydrogen-bond acceptors (Lipinski definition) is 7.